The first-order valence-electron chi connectivity index (χ1n) is 12.0. The maximum atomic E-state index is 13.1. The van der Waals surface area contributed by atoms with E-state index < -0.39 is 0 Å². The molecule has 0 aliphatic carbocycles. The molecule has 2 aromatic rings. The largest absolute Gasteiger partial charge is 0.465 e. The summed E-state index contributed by atoms with van der Waals surface area (Å²) in [5.41, 5.74) is 10.9. The van der Waals surface area contributed by atoms with Gasteiger partial charge in [0.2, 0.25) is 0 Å². The molecule has 2 aliphatic rings. The molecule has 6 heteroatoms. The quantitative estimate of drug-likeness (QED) is 0.467. The third-order valence-corrected chi connectivity index (χ3v) is 6.68. The molecular formula is C25H36N4O2. The Morgan fingerprint density at radius 3 is 2.87 bits per heavy atom. The maximum Gasteiger partial charge on any atom is 0.323 e. The fraction of sp³-hybridized carbons (Fsp3) is 0.600. The highest BCUT2D eigenvalue weighted by Crippen LogP contribution is 2.28. The van der Waals surface area contributed by atoms with E-state index >= 15 is 0 Å². The van der Waals surface area contributed by atoms with Crippen LogP contribution in [-0.4, -0.2) is 52.2 Å². The number of carbonyl (C=O) groups excluding carboxylic acids is 1. The number of benzene rings is 1. The van der Waals surface area contributed by atoms with E-state index in [2.05, 4.69) is 40.7 Å². The number of unbranched alkanes of at least 4 members (excludes halogenated alkanes) is 4. The van der Waals surface area contributed by atoms with Crippen LogP contribution < -0.4 is 5.73 Å². The molecule has 1 fully saturated rings. The number of imidazole rings is 1. The zero-order valence-electron chi connectivity index (χ0n) is 18.8. The summed E-state index contributed by atoms with van der Waals surface area (Å²) in [6, 6.07) is 8.32. The standard InChI is InChI=1S/C25H36N4O2/c1-2-3-4-5-8-15-31-25(30)24(28-14-13-20(26)17-28)16-21-23-12-11-19-9-6-7-10-22(19)29(23)18-27-21/h6-7,9-10,18,20,24H,2-5,8,11-17,26H2,1H3/t20-,24-/m0/s1. The van der Waals surface area contributed by atoms with Crippen molar-refractivity contribution in [3.05, 3.63) is 47.5 Å². The Balaban J connectivity index is 1.45. The molecule has 0 spiro atoms. The van der Waals surface area contributed by atoms with Gasteiger partial charge in [-0.1, -0.05) is 50.8 Å². The molecule has 0 bridgehead atoms. The molecule has 1 aromatic heterocycles. The number of esters is 1. The minimum Gasteiger partial charge on any atom is -0.465 e. The third kappa shape index (κ3) is 5.18. The van der Waals surface area contributed by atoms with Gasteiger partial charge in [-0.15, -0.1) is 0 Å². The number of likely N-dealkylation sites (tertiary alicyclic amines) is 1. The smallest absolute Gasteiger partial charge is 0.323 e. The molecule has 0 radical (unpaired) electrons. The van der Waals surface area contributed by atoms with E-state index in [1.165, 1.54) is 36.2 Å². The first-order chi connectivity index (χ1) is 15.2. The Bertz CT molecular complexity index is 878. The number of aromatic nitrogens is 2. The van der Waals surface area contributed by atoms with Crippen LogP contribution in [-0.2, 0) is 28.8 Å². The zero-order valence-corrected chi connectivity index (χ0v) is 18.8. The molecule has 0 amide bonds. The van der Waals surface area contributed by atoms with Crippen LogP contribution in [0, 0.1) is 0 Å². The van der Waals surface area contributed by atoms with Gasteiger partial charge in [-0.25, -0.2) is 4.98 Å². The van der Waals surface area contributed by atoms with Gasteiger partial charge in [0.05, 0.1) is 18.6 Å². The number of rotatable bonds is 10. The summed E-state index contributed by atoms with van der Waals surface area (Å²) in [6.07, 6.45) is 11.1. The summed E-state index contributed by atoms with van der Waals surface area (Å²) in [6.45, 7) is 4.30. The first-order valence-corrected chi connectivity index (χ1v) is 12.0. The molecule has 168 valence electrons. The molecule has 3 heterocycles. The average Bonchev–Trinajstić information content (AvgIpc) is 3.40. The summed E-state index contributed by atoms with van der Waals surface area (Å²) in [5.74, 6) is -0.123. The molecule has 31 heavy (non-hydrogen) atoms. The van der Waals surface area contributed by atoms with Crippen molar-refractivity contribution in [1.82, 2.24) is 14.5 Å². The summed E-state index contributed by atoms with van der Waals surface area (Å²) in [4.78, 5) is 20.0. The van der Waals surface area contributed by atoms with Gasteiger partial charge >= 0.3 is 5.97 Å². The Hall–Kier alpha value is -2.18. The third-order valence-electron chi connectivity index (χ3n) is 6.68. The Labute approximate surface area is 185 Å². The van der Waals surface area contributed by atoms with Crippen LogP contribution in [0.15, 0.2) is 30.6 Å². The highest BCUT2D eigenvalue weighted by Gasteiger charge is 2.34. The summed E-state index contributed by atoms with van der Waals surface area (Å²) >= 11 is 0. The zero-order chi connectivity index (χ0) is 21.6. The minimum absolute atomic E-state index is 0.123. The molecule has 2 atom stereocenters. The predicted octanol–water partition coefficient (Wildman–Crippen LogP) is 3.43. The molecular weight excluding hydrogens is 388 g/mol. The fourth-order valence-electron chi connectivity index (χ4n) is 4.88. The highest BCUT2D eigenvalue weighted by molar-refractivity contribution is 5.76. The Morgan fingerprint density at radius 1 is 1.23 bits per heavy atom. The van der Waals surface area contributed by atoms with Gasteiger partial charge in [-0.3, -0.25) is 9.69 Å². The van der Waals surface area contributed by atoms with Crippen molar-refractivity contribution < 1.29 is 9.53 Å². The number of ether oxygens (including phenoxy) is 1. The number of aryl methyl sites for hydroxylation is 1. The first kappa shape index (κ1) is 22.0. The summed E-state index contributed by atoms with van der Waals surface area (Å²) in [7, 11) is 0. The van der Waals surface area contributed by atoms with Crippen LogP contribution in [0.2, 0.25) is 0 Å². The summed E-state index contributed by atoms with van der Waals surface area (Å²) in [5, 5.41) is 0. The number of hydrogen-bond donors (Lipinski definition) is 1. The second-order valence-electron chi connectivity index (χ2n) is 8.98. The van der Waals surface area contributed by atoms with Gasteiger partial charge in [-0.2, -0.15) is 0 Å². The second kappa shape index (κ2) is 10.4. The normalized spacial score (nSPS) is 19.1. The van der Waals surface area contributed by atoms with E-state index in [0.29, 0.717) is 13.0 Å². The van der Waals surface area contributed by atoms with E-state index in [4.69, 9.17) is 15.5 Å². The van der Waals surface area contributed by atoms with E-state index in [0.717, 1.165) is 50.9 Å². The molecule has 0 unspecified atom stereocenters. The maximum absolute atomic E-state index is 13.1. The molecule has 2 aliphatic heterocycles. The molecule has 6 nitrogen and oxygen atoms in total. The minimum atomic E-state index is -0.305. The number of fused-ring (bicyclic) bond motifs is 3. The molecule has 4 rings (SSSR count). The Morgan fingerprint density at radius 2 is 2.06 bits per heavy atom. The monoisotopic (exact) mass is 424 g/mol. The molecule has 0 saturated carbocycles. The lowest BCUT2D eigenvalue weighted by Crippen LogP contribution is -2.44. The van der Waals surface area contributed by atoms with Gasteiger partial charge in [-0.05, 0) is 37.3 Å². The summed E-state index contributed by atoms with van der Waals surface area (Å²) < 4.78 is 7.92. The number of carbonyl (C=O) groups is 1. The van der Waals surface area contributed by atoms with Crippen molar-refractivity contribution in [2.45, 2.75) is 76.8 Å². The molecule has 1 saturated heterocycles. The number of para-hydroxylation sites is 1. The van der Waals surface area contributed by atoms with Gasteiger partial charge in [0, 0.05) is 36.9 Å². The van der Waals surface area contributed by atoms with Crippen LogP contribution in [0.3, 0.4) is 0 Å². The fourth-order valence-corrected chi connectivity index (χ4v) is 4.88. The van der Waals surface area contributed by atoms with Gasteiger partial charge < -0.3 is 15.0 Å². The number of nitrogens with zero attached hydrogens (tertiary/aromatic N) is 3. The average molecular weight is 425 g/mol. The van der Waals surface area contributed by atoms with Gasteiger partial charge in [0.25, 0.3) is 0 Å². The second-order valence-corrected chi connectivity index (χ2v) is 8.98. The van der Waals surface area contributed by atoms with Crippen LogP contribution in [0.25, 0.3) is 5.69 Å². The Kier molecular flexibility index (Phi) is 7.41. The van der Waals surface area contributed by atoms with Crippen molar-refractivity contribution in [3.63, 3.8) is 0 Å². The van der Waals surface area contributed by atoms with Crippen molar-refractivity contribution >= 4 is 5.97 Å². The molecule has 1 aromatic carbocycles. The highest BCUT2D eigenvalue weighted by atomic mass is 16.5. The number of hydrogen-bond acceptors (Lipinski definition) is 5. The van der Waals surface area contributed by atoms with Crippen molar-refractivity contribution in [2.24, 2.45) is 5.73 Å². The topological polar surface area (TPSA) is 73.4 Å². The van der Waals surface area contributed by atoms with Crippen molar-refractivity contribution in [1.29, 1.82) is 0 Å². The van der Waals surface area contributed by atoms with E-state index in [9.17, 15) is 4.79 Å². The van der Waals surface area contributed by atoms with Crippen LogP contribution in [0.5, 0.6) is 0 Å². The van der Waals surface area contributed by atoms with Crippen molar-refractivity contribution in [3.8, 4) is 5.69 Å². The van der Waals surface area contributed by atoms with Crippen LogP contribution in [0.1, 0.15) is 62.4 Å². The van der Waals surface area contributed by atoms with Crippen molar-refractivity contribution in [2.75, 3.05) is 19.7 Å². The predicted molar refractivity (Wildman–Crippen MR) is 122 cm³/mol. The lowest BCUT2D eigenvalue weighted by atomic mass is 9.98. The van der Waals surface area contributed by atoms with Crippen LogP contribution in [0.4, 0.5) is 0 Å². The van der Waals surface area contributed by atoms with Gasteiger partial charge in [0.15, 0.2) is 0 Å². The SMILES string of the molecule is CCCCCCCOC(=O)[C@H](Cc1ncn2c1CCc1ccccc1-2)N1CC[C@H](N)C1. The lowest BCUT2D eigenvalue weighted by Gasteiger charge is -2.26. The lowest BCUT2D eigenvalue weighted by molar-refractivity contribution is -0.149. The van der Waals surface area contributed by atoms with Gasteiger partial charge in [0.1, 0.15) is 6.04 Å². The van der Waals surface area contributed by atoms with E-state index in [-0.39, 0.29) is 18.1 Å². The van der Waals surface area contributed by atoms with E-state index in [1.807, 2.05) is 6.33 Å². The van der Waals surface area contributed by atoms with Crippen LogP contribution >= 0.6 is 0 Å². The van der Waals surface area contributed by atoms with E-state index in [1.54, 1.807) is 0 Å². The number of nitrogens with two attached hydrogens (primary N) is 1. The molecule has 2 N–H and O–H groups in total.